The molecule has 8 heteroatoms. The van der Waals surface area contributed by atoms with Gasteiger partial charge in [0.1, 0.15) is 23.3 Å². The summed E-state index contributed by atoms with van der Waals surface area (Å²) >= 11 is 0. The summed E-state index contributed by atoms with van der Waals surface area (Å²) in [5.41, 5.74) is 2.66. The van der Waals surface area contributed by atoms with Crippen molar-refractivity contribution in [3.05, 3.63) is 83.3 Å². The van der Waals surface area contributed by atoms with Crippen LogP contribution in [-0.2, 0) is 9.59 Å². The number of aliphatic hydroxyl groups is 1. The van der Waals surface area contributed by atoms with Gasteiger partial charge in [0.25, 0.3) is 5.78 Å². The highest BCUT2D eigenvalue weighted by molar-refractivity contribution is 6.51. The fraction of sp³-hybridized carbons (Fsp3) is 0.125. The molecule has 1 unspecified atom stereocenters. The molecular formula is C24H19N3O5. The molecule has 3 heterocycles. The van der Waals surface area contributed by atoms with Crippen molar-refractivity contribution in [2.45, 2.75) is 13.0 Å². The Kier molecular flexibility index (Phi) is 4.55. The van der Waals surface area contributed by atoms with Crippen LogP contribution in [0.3, 0.4) is 0 Å². The molecule has 2 N–H and O–H groups in total. The molecule has 160 valence electrons. The zero-order chi connectivity index (χ0) is 22.4. The molecule has 0 bridgehead atoms. The molecule has 4 aromatic rings. The van der Waals surface area contributed by atoms with Crippen molar-refractivity contribution in [1.29, 1.82) is 0 Å². The summed E-state index contributed by atoms with van der Waals surface area (Å²) in [4.78, 5) is 35.1. The monoisotopic (exact) mass is 429 g/mol. The van der Waals surface area contributed by atoms with Crippen LogP contribution in [-0.4, -0.2) is 33.9 Å². The average Bonchev–Trinajstić information content (AvgIpc) is 3.52. The van der Waals surface area contributed by atoms with Crippen molar-refractivity contribution in [3.63, 3.8) is 0 Å². The second-order valence-electron chi connectivity index (χ2n) is 7.50. The highest BCUT2D eigenvalue weighted by Crippen LogP contribution is 2.42. The molecule has 1 amide bonds. The first-order valence-electron chi connectivity index (χ1n) is 9.93. The Bertz CT molecular complexity index is 1380. The van der Waals surface area contributed by atoms with Gasteiger partial charge in [-0.15, -0.1) is 0 Å². The average molecular weight is 429 g/mol. The molecule has 1 fully saturated rings. The number of Topliss-reactive ketones (excluding diaryl/α,β-unsaturated/α-hetero) is 1. The molecule has 1 aliphatic heterocycles. The van der Waals surface area contributed by atoms with E-state index in [1.165, 1.54) is 18.3 Å². The van der Waals surface area contributed by atoms with E-state index in [-0.39, 0.29) is 17.3 Å². The highest BCUT2D eigenvalue weighted by atomic mass is 16.5. The van der Waals surface area contributed by atoms with Gasteiger partial charge in [-0.05, 0) is 48.9 Å². The summed E-state index contributed by atoms with van der Waals surface area (Å²) < 4.78 is 10.8. The molecule has 0 saturated carbocycles. The van der Waals surface area contributed by atoms with Crippen molar-refractivity contribution in [2.24, 2.45) is 0 Å². The molecule has 0 aliphatic carbocycles. The van der Waals surface area contributed by atoms with E-state index in [4.69, 9.17) is 9.15 Å². The van der Waals surface area contributed by atoms with Gasteiger partial charge in [0, 0.05) is 5.56 Å². The Labute approximate surface area is 182 Å². The number of carbonyl (C=O) groups excluding carboxylic acids is 2. The van der Waals surface area contributed by atoms with Crippen LogP contribution in [0.5, 0.6) is 5.75 Å². The topological polar surface area (TPSA) is 109 Å². The maximum absolute atomic E-state index is 13.1. The Morgan fingerprint density at radius 1 is 1.16 bits per heavy atom. The molecular weight excluding hydrogens is 410 g/mol. The number of ketones is 1. The number of methoxy groups -OCH3 is 1. The molecule has 5 rings (SSSR count). The number of amides is 1. The maximum Gasteiger partial charge on any atom is 0.302 e. The quantitative estimate of drug-likeness (QED) is 0.287. The molecule has 2 aromatic carbocycles. The normalized spacial score (nSPS) is 17.9. The summed E-state index contributed by atoms with van der Waals surface area (Å²) in [5, 5.41) is 11.1. The third kappa shape index (κ3) is 3.04. The Hall–Kier alpha value is -4.33. The number of ether oxygens (including phenoxy) is 1. The van der Waals surface area contributed by atoms with Gasteiger partial charge in [-0.1, -0.05) is 18.2 Å². The number of aryl methyl sites for hydroxylation is 1. The van der Waals surface area contributed by atoms with Gasteiger partial charge in [0.15, 0.2) is 0 Å². The van der Waals surface area contributed by atoms with Gasteiger partial charge in [-0.2, -0.15) is 0 Å². The van der Waals surface area contributed by atoms with E-state index in [0.29, 0.717) is 22.6 Å². The molecule has 0 radical (unpaired) electrons. The van der Waals surface area contributed by atoms with E-state index in [0.717, 1.165) is 11.1 Å². The summed E-state index contributed by atoms with van der Waals surface area (Å²) in [6.45, 7) is 1.95. The van der Waals surface area contributed by atoms with Crippen LogP contribution in [0.4, 0.5) is 5.95 Å². The number of hydrogen-bond donors (Lipinski definition) is 2. The highest BCUT2D eigenvalue weighted by Gasteiger charge is 2.49. The predicted octanol–water partition coefficient (Wildman–Crippen LogP) is 4.10. The second kappa shape index (κ2) is 7.42. The second-order valence-corrected chi connectivity index (χ2v) is 7.50. The molecule has 2 aromatic heterocycles. The van der Waals surface area contributed by atoms with Crippen LogP contribution in [0.1, 0.15) is 22.9 Å². The van der Waals surface area contributed by atoms with Crippen LogP contribution >= 0.6 is 0 Å². The predicted molar refractivity (Wildman–Crippen MR) is 117 cm³/mol. The van der Waals surface area contributed by atoms with Crippen LogP contribution in [0.2, 0.25) is 0 Å². The number of nitrogens with one attached hydrogen (secondary N) is 1. The number of aliphatic hydroxyl groups excluding tert-OH is 1. The number of rotatable bonds is 4. The van der Waals surface area contributed by atoms with Gasteiger partial charge in [0.2, 0.25) is 5.95 Å². The summed E-state index contributed by atoms with van der Waals surface area (Å²) in [7, 11) is 1.50. The van der Waals surface area contributed by atoms with Crippen molar-refractivity contribution < 1.29 is 23.8 Å². The number of benzene rings is 2. The molecule has 1 aliphatic rings. The summed E-state index contributed by atoms with van der Waals surface area (Å²) in [6.07, 6.45) is 1.45. The van der Waals surface area contributed by atoms with Crippen LogP contribution < -0.4 is 9.64 Å². The number of H-pyrrole nitrogens is 1. The number of anilines is 1. The molecule has 1 saturated heterocycles. The number of aromatic nitrogens is 2. The number of imidazole rings is 1. The number of fused-ring (bicyclic) bond motifs is 1. The fourth-order valence-electron chi connectivity index (χ4n) is 3.92. The van der Waals surface area contributed by atoms with Crippen LogP contribution in [0.15, 0.2) is 70.9 Å². The lowest BCUT2D eigenvalue weighted by Crippen LogP contribution is -2.30. The lowest BCUT2D eigenvalue weighted by atomic mass is 9.99. The van der Waals surface area contributed by atoms with Gasteiger partial charge in [-0.3, -0.25) is 14.5 Å². The first-order valence-corrected chi connectivity index (χ1v) is 9.93. The molecule has 1 atom stereocenters. The van der Waals surface area contributed by atoms with Gasteiger partial charge < -0.3 is 19.2 Å². The largest absolute Gasteiger partial charge is 0.507 e. The third-order valence-corrected chi connectivity index (χ3v) is 5.45. The number of nitrogens with zero attached hydrogens (tertiary/aromatic N) is 2. The van der Waals surface area contributed by atoms with Crippen LogP contribution in [0.25, 0.3) is 16.8 Å². The number of carbonyl (C=O) groups is 2. The Balaban J connectivity index is 1.71. The smallest absolute Gasteiger partial charge is 0.302 e. The fourth-order valence-corrected chi connectivity index (χ4v) is 3.92. The summed E-state index contributed by atoms with van der Waals surface area (Å²) in [5.74, 6) is -0.942. The van der Waals surface area contributed by atoms with Gasteiger partial charge in [-0.25, -0.2) is 4.98 Å². The lowest BCUT2D eigenvalue weighted by Gasteiger charge is -2.20. The van der Waals surface area contributed by atoms with E-state index in [2.05, 4.69) is 9.97 Å². The first kappa shape index (κ1) is 19.6. The maximum atomic E-state index is 13.1. The van der Waals surface area contributed by atoms with Gasteiger partial charge >= 0.3 is 5.91 Å². The molecule has 32 heavy (non-hydrogen) atoms. The van der Waals surface area contributed by atoms with E-state index in [9.17, 15) is 14.7 Å². The van der Waals surface area contributed by atoms with Crippen molar-refractivity contribution in [3.8, 4) is 5.75 Å². The van der Waals surface area contributed by atoms with E-state index < -0.39 is 17.7 Å². The minimum Gasteiger partial charge on any atom is -0.507 e. The number of hydrogen-bond acceptors (Lipinski definition) is 6. The van der Waals surface area contributed by atoms with E-state index in [1.807, 2.05) is 25.1 Å². The lowest BCUT2D eigenvalue weighted by molar-refractivity contribution is -0.132. The SMILES string of the molecule is COc1cccc(/C(O)=C2\C(=O)C(=O)N(c3nc4ccc(C)cc4[nH]3)C2c2ccco2)c1. The Morgan fingerprint density at radius 3 is 2.75 bits per heavy atom. The standard InChI is InChI=1S/C24H19N3O5/c1-13-8-9-16-17(11-13)26-24(25-16)27-20(18-7-4-10-32-18)19(22(29)23(27)30)21(28)14-5-3-6-15(12-14)31-2/h3-12,20,28H,1-2H3,(H,25,26)/b21-19+. The minimum atomic E-state index is -0.988. The third-order valence-electron chi connectivity index (χ3n) is 5.45. The van der Waals surface area contributed by atoms with Crippen LogP contribution in [0, 0.1) is 6.92 Å². The zero-order valence-corrected chi connectivity index (χ0v) is 17.3. The number of furan rings is 1. The first-order chi connectivity index (χ1) is 15.5. The summed E-state index contributed by atoms with van der Waals surface area (Å²) in [6, 6.07) is 14.6. The van der Waals surface area contributed by atoms with E-state index >= 15 is 0 Å². The number of aromatic amines is 1. The Morgan fingerprint density at radius 2 is 2.00 bits per heavy atom. The molecule has 0 spiro atoms. The van der Waals surface area contributed by atoms with Crippen molar-refractivity contribution in [2.75, 3.05) is 12.0 Å². The minimum absolute atomic E-state index is 0.0881. The van der Waals surface area contributed by atoms with Crippen molar-refractivity contribution in [1.82, 2.24) is 9.97 Å². The van der Waals surface area contributed by atoms with Gasteiger partial charge in [0.05, 0.1) is 30.0 Å². The zero-order valence-electron chi connectivity index (χ0n) is 17.3. The van der Waals surface area contributed by atoms with E-state index in [1.54, 1.807) is 36.4 Å². The molecule has 8 nitrogen and oxygen atoms in total. The van der Waals surface area contributed by atoms with Crippen molar-refractivity contribution >= 4 is 34.4 Å².